The van der Waals surface area contributed by atoms with Crippen LogP contribution in [-0.2, 0) is 20.6 Å². The number of carbonyl (C=O) groups is 1. The van der Waals surface area contributed by atoms with E-state index in [1.807, 2.05) is 6.07 Å². The van der Waals surface area contributed by atoms with Crippen LogP contribution in [0.4, 0.5) is 0 Å². The molecular weight excluding hydrogens is 445 g/mol. The number of carbonyl (C=O) groups excluding carboxylic acids is 1. The number of cyclic esters (lactones) is 1. The Labute approximate surface area is 205 Å². The first-order chi connectivity index (χ1) is 16.6. The molecule has 3 heterocycles. The van der Waals surface area contributed by atoms with Crippen LogP contribution in [0.3, 0.4) is 0 Å². The molecule has 1 aromatic carbocycles. The molecule has 184 valence electrons. The summed E-state index contributed by atoms with van der Waals surface area (Å²) in [4.78, 5) is 14.6. The lowest BCUT2D eigenvalue weighted by Crippen LogP contribution is -2.65. The van der Waals surface area contributed by atoms with Crippen LogP contribution in [0.2, 0.25) is 5.82 Å². The number of nitrogens with zero attached hydrogens (tertiary/aromatic N) is 3. The van der Waals surface area contributed by atoms with Crippen LogP contribution in [0.15, 0.2) is 24.5 Å². The van der Waals surface area contributed by atoms with Crippen molar-refractivity contribution >= 4 is 13.1 Å². The van der Waals surface area contributed by atoms with E-state index in [4.69, 9.17) is 18.8 Å². The molecule has 4 aliphatic carbocycles. The van der Waals surface area contributed by atoms with Crippen molar-refractivity contribution in [2.24, 2.45) is 17.3 Å². The summed E-state index contributed by atoms with van der Waals surface area (Å²) >= 11 is 0. The minimum atomic E-state index is -1.03. The zero-order valence-electron chi connectivity index (χ0n) is 21.0. The van der Waals surface area contributed by atoms with Gasteiger partial charge in [-0.1, -0.05) is 26.0 Å². The van der Waals surface area contributed by atoms with Crippen molar-refractivity contribution in [2.75, 3.05) is 0 Å². The van der Waals surface area contributed by atoms with Gasteiger partial charge >= 0.3 is 13.1 Å². The molecule has 6 aliphatic rings. The molecule has 8 rings (SSSR count). The van der Waals surface area contributed by atoms with Crippen molar-refractivity contribution in [1.29, 1.82) is 0 Å². The zero-order chi connectivity index (χ0) is 24.3. The highest BCUT2D eigenvalue weighted by Crippen LogP contribution is 2.68. The summed E-state index contributed by atoms with van der Waals surface area (Å²) in [6.45, 7) is 10.9. The van der Waals surface area contributed by atoms with Crippen molar-refractivity contribution < 1.29 is 23.6 Å². The van der Waals surface area contributed by atoms with Crippen LogP contribution in [-0.4, -0.2) is 45.6 Å². The maximum absolute atomic E-state index is 13.1. The SMILES string of the molecule is CC1(C)OC(=O)c2c(Cn3nccn3)ccc(C3CC3B3OC4CC5CC(C5(C)C)[C@]4(C)O3)c2O1. The molecule has 5 unspecified atom stereocenters. The van der Waals surface area contributed by atoms with Gasteiger partial charge in [0.2, 0.25) is 5.79 Å². The molecule has 4 saturated carbocycles. The lowest BCUT2D eigenvalue weighted by atomic mass is 9.43. The molecule has 0 spiro atoms. The van der Waals surface area contributed by atoms with Gasteiger partial charge in [-0.15, -0.1) is 0 Å². The number of benzene rings is 1. The number of hydrogen-bond donors (Lipinski definition) is 0. The molecule has 1 aromatic heterocycles. The number of esters is 1. The molecule has 2 bridgehead atoms. The fourth-order valence-electron chi connectivity index (χ4n) is 7.37. The van der Waals surface area contributed by atoms with Crippen molar-refractivity contribution in [3.8, 4) is 5.75 Å². The molecule has 0 N–H and O–H groups in total. The van der Waals surface area contributed by atoms with Gasteiger partial charge in [0.25, 0.3) is 0 Å². The molecule has 5 fully saturated rings. The van der Waals surface area contributed by atoms with E-state index in [9.17, 15) is 4.79 Å². The molecule has 35 heavy (non-hydrogen) atoms. The Morgan fingerprint density at radius 3 is 2.57 bits per heavy atom. The van der Waals surface area contributed by atoms with Gasteiger partial charge in [-0.05, 0) is 60.5 Å². The minimum Gasteiger partial charge on any atom is -0.452 e. The van der Waals surface area contributed by atoms with Crippen LogP contribution in [0, 0.1) is 17.3 Å². The van der Waals surface area contributed by atoms with Gasteiger partial charge in [-0.3, -0.25) is 0 Å². The topological polar surface area (TPSA) is 84.7 Å². The van der Waals surface area contributed by atoms with E-state index in [1.165, 1.54) is 6.42 Å². The van der Waals surface area contributed by atoms with Crippen LogP contribution < -0.4 is 4.74 Å². The number of hydrogen-bond acceptors (Lipinski definition) is 7. The lowest BCUT2D eigenvalue weighted by molar-refractivity contribution is -0.199. The van der Waals surface area contributed by atoms with Crippen molar-refractivity contribution in [1.82, 2.24) is 15.0 Å². The Hall–Kier alpha value is -2.39. The van der Waals surface area contributed by atoms with E-state index in [2.05, 4.69) is 37.0 Å². The van der Waals surface area contributed by atoms with E-state index in [1.54, 1.807) is 31.0 Å². The van der Waals surface area contributed by atoms with Crippen LogP contribution in [0.1, 0.15) is 81.3 Å². The molecule has 6 atom stereocenters. The van der Waals surface area contributed by atoms with E-state index in [0.29, 0.717) is 29.2 Å². The normalized spacial score (nSPS) is 37.6. The van der Waals surface area contributed by atoms with Gasteiger partial charge < -0.3 is 18.8 Å². The fraction of sp³-hybridized carbons (Fsp3) is 0.654. The Morgan fingerprint density at radius 1 is 1.06 bits per heavy atom. The highest BCUT2D eigenvalue weighted by atomic mass is 16.7. The molecule has 8 nitrogen and oxygen atoms in total. The highest BCUT2D eigenvalue weighted by molar-refractivity contribution is 6.49. The van der Waals surface area contributed by atoms with E-state index in [0.717, 1.165) is 29.9 Å². The summed E-state index contributed by atoms with van der Waals surface area (Å²) in [5, 5.41) is 8.38. The molecule has 0 radical (unpaired) electrons. The molecule has 1 saturated heterocycles. The fourth-order valence-corrected chi connectivity index (χ4v) is 7.37. The van der Waals surface area contributed by atoms with Gasteiger partial charge in [-0.2, -0.15) is 15.0 Å². The summed E-state index contributed by atoms with van der Waals surface area (Å²) < 4.78 is 25.2. The van der Waals surface area contributed by atoms with Crippen molar-refractivity contribution in [2.45, 2.75) is 89.7 Å². The van der Waals surface area contributed by atoms with Crippen LogP contribution in [0.25, 0.3) is 0 Å². The second-order valence-corrected chi connectivity index (χ2v) is 12.3. The quantitative estimate of drug-likeness (QED) is 0.482. The molecule has 2 aromatic rings. The first kappa shape index (κ1) is 21.9. The van der Waals surface area contributed by atoms with E-state index >= 15 is 0 Å². The Morgan fingerprint density at radius 2 is 1.83 bits per heavy atom. The first-order valence-corrected chi connectivity index (χ1v) is 12.8. The van der Waals surface area contributed by atoms with Gasteiger partial charge in [-0.25, -0.2) is 4.79 Å². The Balaban J connectivity index is 1.18. The smallest absolute Gasteiger partial charge is 0.452 e. The zero-order valence-corrected chi connectivity index (χ0v) is 21.0. The van der Waals surface area contributed by atoms with Crippen LogP contribution >= 0.6 is 0 Å². The average Bonchev–Trinajstić information content (AvgIpc) is 3.22. The van der Waals surface area contributed by atoms with Gasteiger partial charge in [0.05, 0.1) is 30.6 Å². The lowest BCUT2D eigenvalue weighted by Gasteiger charge is -2.64. The summed E-state index contributed by atoms with van der Waals surface area (Å²) in [5.41, 5.74) is 2.40. The van der Waals surface area contributed by atoms with Gasteiger partial charge in [0.15, 0.2) is 0 Å². The molecule has 0 amide bonds. The third kappa shape index (κ3) is 3.10. The van der Waals surface area contributed by atoms with E-state index < -0.39 is 5.79 Å². The minimum absolute atomic E-state index is 0.175. The van der Waals surface area contributed by atoms with Gasteiger partial charge in [0.1, 0.15) is 11.3 Å². The first-order valence-electron chi connectivity index (χ1n) is 12.8. The Kier molecular flexibility index (Phi) is 4.30. The largest absolute Gasteiger partial charge is 0.461 e. The molecule has 2 aliphatic heterocycles. The summed E-state index contributed by atoms with van der Waals surface area (Å²) in [6, 6.07) is 4.06. The number of fused-ring (bicyclic) bond motifs is 1. The standard InChI is InChI=1S/C26H32BN3O5/c1-24(2)15-10-19(24)26(5)20(11-15)34-27(35-26)18-12-17(18)16-7-6-14(13-30-28-8-9-29-30)21-22(16)32-25(3,4)33-23(21)31/h6-9,15,17-20H,10-13H2,1-5H3/t15?,17?,18?,19?,20?,26-/m0/s1. The number of aromatic nitrogens is 3. The maximum Gasteiger partial charge on any atom is 0.461 e. The van der Waals surface area contributed by atoms with E-state index in [-0.39, 0.29) is 36.5 Å². The Bertz CT molecular complexity index is 1210. The molecular formula is C26H32BN3O5. The summed E-state index contributed by atoms with van der Waals surface area (Å²) in [6.07, 6.45) is 6.71. The summed E-state index contributed by atoms with van der Waals surface area (Å²) in [5.74, 6) is 0.974. The van der Waals surface area contributed by atoms with Crippen LogP contribution in [0.5, 0.6) is 5.75 Å². The average molecular weight is 477 g/mol. The third-order valence-electron chi connectivity index (χ3n) is 9.50. The third-order valence-corrected chi connectivity index (χ3v) is 9.50. The van der Waals surface area contributed by atoms with Gasteiger partial charge in [0, 0.05) is 19.7 Å². The van der Waals surface area contributed by atoms with Crippen molar-refractivity contribution in [3.05, 3.63) is 41.2 Å². The second-order valence-electron chi connectivity index (χ2n) is 12.3. The number of ether oxygens (including phenoxy) is 2. The predicted octanol–water partition coefficient (Wildman–Crippen LogP) is 4.20. The maximum atomic E-state index is 13.1. The number of rotatable bonds is 4. The predicted molar refractivity (Wildman–Crippen MR) is 127 cm³/mol. The second kappa shape index (κ2) is 6.88. The highest BCUT2D eigenvalue weighted by Gasteiger charge is 2.70. The molecule has 9 heteroatoms. The summed E-state index contributed by atoms with van der Waals surface area (Å²) in [7, 11) is -0.211. The van der Waals surface area contributed by atoms with Crippen molar-refractivity contribution in [3.63, 3.8) is 0 Å². The monoisotopic (exact) mass is 477 g/mol.